The molecule has 0 saturated carbocycles. The summed E-state index contributed by atoms with van der Waals surface area (Å²) in [7, 11) is -3.67. The zero-order chi connectivity index (χ0) is 10.4. The van der Waals surface area contributed by atoms with Gasteiger partial charge in [0, 0.05) is 11.4 Å². The van der Waals surface area contributed by atoms with Crippen LogP contribution in [-0.2, 0) is 0 Å². The summed E-state index contributed by atoms with van der Waals surface area (Å²) < 4.78 is 29.0. The van der Waals surface area contributed by atoms with Crippen LogP contribution in [0.4, 0.5) is 17.7 Å². The Bertz CT molecular complexity index is 214. The van der Waals surface area contributed by atoms with E-state index in [0.717, 1.165) is 11.4 Å². The van der Waals surface area contributed by atoms with Gasteiger partial charge in [0.15, 0.2) is 0 Å². The fourth-order valence-corrected chi connectivity index (χ4v) is 1.04. The normalized spacial score (nSPS) is 8.14. The Hall–Kier alpha value is -1.07. The summed E-state index contributed by atoms with van der Waals surface area (Å²) in [6.45, 7) is 6.11. The smallest absolute Gasteiger partial charge is 0.269 e. The highest BCUT2D eigenvalue weighted by Gasteiger charge is 2.06. The van der Waals surface area contributed by atoms with Crippen LogP contribution in [0.2, 0.25) is 0 Å². The van der Waals surface area contributed by atoms with Gasteiger partial charge >= 0.3 is 7.54 Å². The van der Waals surface area contributed by atoms with Gasteiger partial charge in [-0.15, -0.1) is 0 Å². The number of halogens is 4. The van der Waals surface area contributed by atoms with Crippen molar-refractivity contribution in [2.24, 2.45) is 0 Å². The molecule has 0 bridgehead atoms. The standard InChI is InChI=1S/C8H11N.BF3.FH/c1-6-4-7(2)9-8(3)5-6;2-1(3)4;/h4-5H,1-3H3;;1H. The molecule has 0 aromatic carbocycles. The van der Waals surface area contributed by atoms with Gasteiger partial charge in [0.1, 0.15) is 0 Å². The summed E-state index contributed by atoms with van der Waals surface area (Å²) in [6, 6.07) is 4.15. The lowest BCUT2D eigenvalue weighted by Crippen LogP contribution is -1.85. The molecule has 6 heteroatoms. The van der Waals surface area contributed by atoms with Crippen molar-refractivity contribution in [2.45, 2.75) is 20.8 Å². The molecule has 0 aliphatic carbocycles. The van der Waals surface area contributed by atoms with E-state index in [1.165, 1.54) is 5.56 Å². The first-order chi connectivity index (χ1) is 5.91. The fraction of sp³-hybridized carbons (Fsp3) is 0.375. The Balaban J connectivity index is 0. The summed E-state index contributed by atoms with van der Waals surface area (Å²) >= 11 is 0. The zero-order valence-electron chi connectivity index (χ0n) is 8.22. The van der Waals surface area contributed by atoms with Crippen molar-refractivity contribution in [1.82, 2.24) is 4.98 Å². The highest BCUT2D eigenvalue weighted by Crippen LogP contribution is 2.01. The van der Waals surface area contributed by atoms with Crippen molar-refractivity contribution in [3.8, 4) is 0 Å². The van der Waals surface area contributed by atoms with Crippen molar-refractivity contribution in [3.05, 3.63) is 29.1 Å². The minimum atomic E-state index is -3.67. The van der Waals surface area contributed by atoms with Gasteiger partial charge < -0.3 is 0 Å². The van der Waals surface area contributed by atoms with Crippen LogP contribution in [0.15, 0.2) is 12.1 Å². The Morgan fingerprint density at radius 2 is 1.29 bits per heavy atom. The summed E-state index contributed by atoms with van der Waals surface area (Å²) in [4.78, 5) is 4.23. The molecule has 0 saturated heterocycles. The average Bonchev–Trinajstić information content (AvgIpc) is 1.80. The van der Waals surface area contributed by atoms with Crippen LogP contribution in [0, 0.1) is 20.8 Å². The monoisotopic (exact) mass is 209 g/mol. The summed E-state index contributed by atoms with van der Waals surface area (Å²) in [5.74, 6) is 0. The highest BCUT2D eigenvalue weighted by atomic mass is 19.4. The van der Waals surface area contributed by atoms with Gasteiger partial charge in [0.05, 0.1) is 0 Å². The first kappa shape index (κ1) is 15.4. The minimum absolute atomic E-state index is 0. The molecule has 0 unspecified atom stereocenters. The molecular formula is C8H12BF4N. The maximum absolute atomic E-state index is 9.67. The lowest BCUT2D eigenvalue weighted by molar-refractivity contribution is 0.535. The number of pyridine rings is 1. The van der Waals surface area contributed by atoms with Gasteiger partial charge in [-0.1, -0.05) is 0 Å². The lowest BCUT2D eigenvalue weighted by atomic mass is 10.2. The molecule has 80 valence electrons. The maximum Gasteiger partial charge on any atom is 0.762 e. The molecular weight excluding hydrogens is 197 g/mol. The quantitative estimate of drug-likeness (QED) is 0.472. The van der Waals surface area contributed by atoms with E-state index in [4.69, 9.17) is 0 Å². The van der Waals surface area contributed by atoms with Gasteiger partial charge in [0.2, 0.25) is 0 Å². The van der Waals surface area contributed by atoms with Crippen molar-refractivity contribution in [3.63, 3.8) is 0 Å². The van der Waals surface area contributed by atoms with Gasteiger partial charge in [-0.05, 0) is 38.5 Å². The van der Waals surface area contributed by atoms with Crippen molar-refractivity contribution in [2.75, 3.05) is 0 Å². The van der Waals surface area contributed by atoms with E-state index >= 15 is 0 Å². The molecule has 0 radical (unpaired) electrons. The van der Waals surface area contributed by atoms with Crippen LogP contribution >= 0.6 is 0 Å². The second-order valence-corrected chi connectivity index (χ2v) is 2.67. The molecule has 0 aliphatic heterocycles. The number of hydrogen-bond donors (Lipinski definition) is 0. The first-order valence-electron chi connectivity index (χ1n) is 3.76. The second-order valence-electron chi connectivity index (χ2n) is 2.67. The molecule has 1 aromatic rings. The Kier molecular flexibility index (Phi) is 8.09. The number of rotatable bonds is 0. The number of aryl methyl sites for hydroxylation is 3. The number of hydrogen-bond acceptors (Lipinski definition) is 1. The van der Waals surface area contributed by atoms with Crippen molar-refractivity contribution >= 4 is 7.54 Å². The van der Waals surface area contributed by atoms with E-state index in [-0.39, 0.29) is 4.70 Å². The third-order valence-corrected chi connectivity index (χ3v) is 1.23. The van der Waals surface area contributed by atoms with Gasteiger partial charge in [0.25, 0.3) is 0 Å². The SMILES string of the molecule is Cc1cc(C)nc(C)c1.F.FB(F)F. The third kappa shape index (κ3) is 9.03. The van der Waals surface area contributed by atoms with E-state index in [9.17, 15) is 12.9 Å². The van der Waals surface area contributed by atoms with Crippen LogP contribution in [0.25, 0.3) is 0 Å². The molecule has 1 heterocycles. The predicted molar refractivity (Wildman–Crippen MR) is 50.0 cm³/mol. The topological polar surface area (TPSA) is 12.9 Å². The molecule has 0 N–H and O–H groups in total. The molecule has 14 heavy (non-hydrogen) atoms. The largest absolute Gasteiger partial charge is 0.762 e. The molecule has 0 spiro atoms. The van der Waals surface area contributed by atoms with Gasteiger partial charge in [-0.25, -0.2) is 0 Å². The van der Waals surface area contributed by atoms with Gasteiger partial charge in [-0.3, -0.25) is 22.6 Å². The van der Waals surface area contributed by atoms with E-state index < -0.39 is 7.54 Å². The van der Waals surface area contributed by atoms with E-state index in [1.54, 1.807) is 0 Å². The van der Waals surface area contributed by atoms with Crippen LogP contribution in [-0.4, -0.2) is 12.5 Å². The lowest BCUT2D eigenvalue weighted by Gasteiger charge is -1.96. The molecule has 1 rings (SSSR count). The Labute approximate surface area is 80.9 Å². The molecule has 1 aromatic heterocycles. The maximum atomic E-state index is 9.67. The van der Waals surface area contributed by atoms with E-state index in [1.807, 2.05) is 13.8 Å². The van der Waals surface area contributed by atoms with Crippen LogP contribution in [0.5, 0.6) is 0 Å². The van der Waals surface area contributed by atoms with E-state index in [0.29, 0.717) is 0 Å². The fourth-order valence-electron chi connectivity index (χ4n) is 1.04. The first-order valence-corrected chi connectivity index (χ1v) is 3.76. The summed E-state index contributed by atoms with van der Waals surface area (Å²) in [5.41, 5.74) is 3.50. The summed E-state index contributed by atoms with van der Waals surface area (Å²) in [6.07, 6.45) is 0. The van der Waals surface area contributed by atoms with Crippen LogP contribution in [0.1, 0.15) is 17.0 Å². The molecule has 1 nitrogen and oxygen atoms in total. The Morgan fingerprint density at radius 1 is 1.00 bits per heavy atom. The number of aromatic nitrogens is 1. The molecule has 0 atom stereocenters. The Morgan fingerprint density at radius 3 is 1.50 bits per heavy atom. The molecule has 0 aliphatic rings. The van der Waals surface area contributed by atoms with Crippen molar-refractivity contribution < 1.29 is 17.7 Å². The van der Waals surface area contributed by atoms with Crippen LogP contribution in [0.3, 0.4) is 0 Å². The van der Waals surface area contributed by atoms with Crippen molar-refractivity contribution in [1.29, 1.82) is 0 Å². The average molecular weight is 209 g/mol. The second kappa shape index (κ2) is 7.35. The molecule has 0 fully saturated rings. The number of nitrogens with zero attached hydrogens (tertiary/aromatic N) is 1. The summed E-state index contributed by atoms with van der Waals surface area (Å²) in [5, 5.41) is 0. The van der Waals surface area contributed by atoms with Gasteiger partial charge in [-0.2, -0.15) is 0 Å². The van der Waals surface area contributed by atoms with E-state index in [2.05, 4.69) is 24.0 Å². The third-order valence-electron chi connectivity index (χ3n) is 1.23. The minimum Gasteiger partial charge on any atom is -0.269 e. The highest BCUT2D eigenvalue weighted by molar-refractivity contribution is 6.33. The van der Waals surface area contributed by atoms with Crippen LogP contribution < -0.4 is 0 Å². The molecule has 0 amide bonds. The predicted octanol–water partition coefficient (Wildman–Crippen LogP) is 3.04. The zero-order valence-corrected chi connectivity index (χ0v) is 8.22.